The lowest BCUT2D eigenvalue weighted by Crippen LogP contribution is -2.50. The van der Waals surface area contributed by atoms with Crippen LogP contribution in [0.4, 0.5) is 10.2 Å². The largest absolute Gasteiger partial charge is 0.356 e. The first-order chi connectivity index (χ1) is 14.1. The molecule has 2 aromatic rings. The third kappa shape index (κ3) is 4.69. The molecule has 154 valence electrons. The fraction of sp³-hybridized carbons (Fsp3) is 0.478. The van der Waals surface area contributed by atoms with E-state index in [0.717, 1.165) is 68.4 Å². The molecule has 0 radical (unpaired) electrons. The Balaban J connectivity index is 1.28. The maximum Gasteiger partial charge on any atom is 0.191 e. The van der Waals surface area contributed by atoms with Crippen LogP contribution in [0.1, 0.15) is 36.9 Å². The smallest absolute Gasteiger partial charge is 0.191 e. The zero-order chi connectivity index (χ0) is 20.3. The molecule has 1 aliphatic heterocycles. The molecule has 1 aliphatic carbocycles. The van der Waals surface area contributed by atoms with Gasteiger partial charge in [-0.1, -0.05) is 18.2 Å². The van der Waals surface area contributed by atoms with Crippen LogP contribution in [-0.2, 0) is 5.41 Å². The molecule has 0 spiro atoms. The van der Waals surface area contributed by atoms with Crippen molar-refractivity contribution < 1.29 is 4.39 Å². The number of nitrogens with zero attached hydrogens (tertiary/aromatic N) is 3. The van der Waals surface area contributed by atoms with Crippen LogP contribution < -0.4 is 15.5 Å². The van der Waals surface area contributed by atoms with E-state index in [-0.39, 0.29) is 11.2 Å². The molecule has 0 amide bonds. The van der Waals surface area contributed by atoms with Crippen molar-refractivity contribution in [3.8, 4) is 0 Å². The van der Waals surface area contributed by atoms with Gasteiger partial charge in [-0.25, -0.2) is 9.37 Å². The lowest BCUT2D eigenvalue weighted by molar-refractivity contribution is 0.458. The number of aromatic nitrogens is 1. The molecule has 1 saturated heterocycles. The summed E-state index contributed by atoms with van der Waals surface area (Å²) < 4.78 is 13.6. The molecule has 0 bridgehead atoms. The number of guanidine groups is 1. The maximum absolute atomic E-state index is 13.6. The molecule has 5 nitrogen and oxygen atoms in total. The Morgan fingerprint density at radius 3 is 2.62 bits per heavy atom. The van der Waals surface area contributed by atoms with Crippen LogP contribution in [0.3, 0.4) is 0 Å². The molecule has 2 N–H and O–H groups in total. The molecule has 0 atom stereocenters. The van der Waals surface area contributed by atoms with E-state index >= 15 is 0 Å². The highest BCUT2D eigenvalue weighted by Crippen LogP contribution is 2.47. The summed E-state index contributed by atoms with van der Waals surface area (Å²) in [5.74, 6) is 1.74. The number of anilines is 1. The number of hydrogen-bond acceptors (Lipinski definition) is 3. The summed E-state index contributed by atoms with van der Waals surface area (Å²) in [4.78, 5) is 11.4. The van der Waals surface area contributed by atoms with Gasteiger partial charge in [0.05, 0.1) is 0 Å². The maximum atomic E-state index is 13.6. The minimum atomic E-state index is -0.161. The van der Waals surface area contributed by atoms with Gasteiger partial charge in [-0.2, -0.15) is 0 Å². The van der Waals surface area contributed by atoms with Crippen LogP contribution in [-0.4, -0.2) is 43.7 Å². The first-order valence-corrected chi connectivity index (χ1v) is 10.5. The topological polar surface area (TPSA) is 52.6 Å². The molecular formula is C23H30FN5. The second-order valence-corrected chi connectivity index (χ2v) is 8.26. The second kappa shape index (κ2) is 8.39. The summed E-state index contributed by atoms with van der Waals surface area (Å²) in [6, 6.07) is 13.6. The molecule has 0 unspecified atom stereocenters. The van der Waals surface area contributed by atoms with Crippen LogP contribution in [0.15, 0.2) is 47.5 Å². The van der Waals surface area contributed by atoms with E-state index in [4.69, 9.17) is 0 Å². The van der Waals surface area contributed by atoms with Crippen molar-refractivity contribution in [3.05, 3.63) is 59.5 Å². The van der Waals surface area contributed by atoms with Gasteiger partial charge in [-0.05, 0) is 62.4 Å². The molecule has 29 heavy (non-hydrogen) atoms. The molecule has 1 aromatic carbocycles. The van der Waals surface area contributed by atoms with E-state index in [0.29, 0.717) is 6.04 Å². The van der Waals surface area contributed by atoms with Crippen molar-refractivity contribution in [2.24, 2.45) is 4.99 Å². The number of pyridine rings is 1. The number of piperidine rings is 1. The Hall–Kier alpha value is -2.63. The van der Waals surface area contributed by atoms with Gasteiger partial charge in [0.1, 0.15) is 11.6 Å². The highest BCUT2D eigenvalue weighted by Gasteiger charge is 2.44. The van der Waals surface area contributed by atoms with Crippen LogP contribution in [0.2, 0.25) is 0 Å². The predicted octanol–water partition coefficient (Wildman–Crippen LogP) is 3.39. The standard InChI is InChI=1S/C23H30FN5/c1-17-5-3-8-21(27-17)29-13-9-20(10-14-29)28-22(25-2)26-16-23(11-12-23)18-6-4-7-19(24)15-18/h3-8,15,20H,9-14,16H2,1-2H3,(H2,25,26,28). The zero-order valence-electron chi connectivity index (χ0n) is 17.3. The first-order valence-electron chi connectivity index (χ1n) is 10.5. The van der Waals surface area contributed by atoms with Crippen molar-refractivity contribution in [2.75, 3.05) is 31.6 Å². The first kappa shape index (κ1) is 19.7. The molecule has 2 heterocycles. The van der Waals surface area contributed by atoms with Gasteiger partial charge >= 0.3 is 0 Å². The minimum Gasteiger partial charge on any atom is -0.356 e. The minimum absolute atomic E-state index is 0.0416. The van der Waals surface area contributed by atoms with Crippen molar-refractivity contribution in [1.29, 1.82) is 0 Å². The van der Waals surface area contributed by atoms with Gasteiger partial charge in [0.15, 0.2) is 5.96 Å². The van der Waals surface area contributed by atoms with Gasteiger partial charge < -0.3 is 15.5 Å². The van der Waals surface area contributed by atoms with E-state index < -0.39 is 0 Å². The zero-order valence-corrected chi connectivity index (χ0v) is 17.3. The summed E-state index contributed by atoms with van der Waals surface area (Å²) in [5, 5.41) is 7.05. The SMILES string of the molecule is CN=C(NCC1(c2cccc(F)c2)CC1)NC1CCN(c2cccc(C)n2)CC1. The molecule has 2 fully saturated rings. The van der Waals surface area contributed by atoms with E-state index in [1.807, 2.05) is 26.1 Å². The van der Waals surface area contributed by atoms with Gasteiger partial charge in [0.2, 0.25) is 0 Å². The fourth-order valence-electron chi connectivity index (χ4n) is 4.14. The number of halogens is 1. The predicted molar refractivity (Wildman–Crippen MR) is 116 cm³/mol. The quantitative estimate of drug-likeness (QED) is 0.602. The van der Waals surface area contributed by atoms with E-state index in [1.165, 1.54) is 6.07 Å². The highest BCUT2D eigenvalue weighted by molar-refractivity contribution is 5.80. The molecule has 1 aromatic heterocycles. The van der Waals surface area contributed by atoms with Gasteiger partial charge in [0, 0.05) is 43.8 Å². The van der Waals surface area contributed by atoms with Crippen molar-refractivity contribution in [2.45, 2.75) is 44.1 Å². The second-order valence-electron chi connectivity index (χ2n) is 8.26. The van der Waals surface area contributed by atoms with Crippen LogP contribution in [0, 0.1) is 12.7 Å². The van der Waals surface area contributed by atoms with Gasteiger partial charge in [-0.3, -0.25) is 4.99 Å². The normalized spacial score (nSPS) is 19.1. The Labute approximate surface area is 172 Å². The molecule has 1 saturated carbocycles. The summed E-state index contributed by atoms with van der Waals surface area (Å²) in [6.45, 7) is 4.78. The molecule has 2 aliphatic rings. The lowest BCUT2D eigenvalue weighted by Gasteiger charge is -2.34. The fourth-order valence-corrected chi connectivity index (χ4v) is 4.14. The number of nitrogens with one attached hydrogen (secondary N) is 2. The van der Waals surface area contributed by atoms with Crippen molar-refractivity contribution in [3.63, 3.8) is 0 Å². The molecular weight excluding hydrogens is 365 g/mol. The molecule has 6 heteroatoms. The third-order valence-electron chi connectivity index (χ3n) is 6.14. The Morgan fingerprint density at radius 1 is 1.21 bits per heavy atom. The van der Waals surface area contributed by atoms with Crippen molar-refractivity contribution >= 4 is 11.8 Å². The lowest BCUT2D eigenvalue weighted by atomic mass is 9.96. The van der Waals surface area contributed by atoms with Crippen LogP contribution in [0.5, 0.6) is 0 Å². The number of aryl methyl sites for hydroxylation is 1. The molecule has 4 rings (SSSR count). The Kier molecular flexibility index (Phi) is 5.69. The van der Waals surface area contributed by atoms with Gasteiger partial charge in [0.25, 0.3) is 0 Å². The Bertz CT molecular complexity index is 869. The van der Waals surface area contributed by atoms with Gasteiger partial charge in [-0.15, -0.1) is 0 Å². The summed E-state index contributed by atoms with van der Waals surface area (Å²) in [6.07, 6.45) is 4.27. The average molecular weight is 396 g/mol. The number of benzene rings is 1. The van der Waals surface area contributed by atoms with E-state index in [2.05, 4.69) is 37.6 Å². The summed E-state index contributed by atoms with van der Waals surface area (Å²) >= 11 is 0. The monoisotopic (exact) mass is 395 g/mol. The summed E-state index contributed by atoms with van der Waals surface area (Å²) in [7, 11) is 1.81. The third-order valence-corrected chi connectivity index (χ3v) is 6.14. The van der Waals surface area contributed by atoms with Crippen molar-refractivity contribution in [1.82, 2.24) is 15.6 Å². The van der Waals surface area contributed by atoms with Crippen LogP contribution in [0.25, 0.3) is 0 Å². The van der Waals surface area contributed by atoms with E-state index in [1.54, 1.807) is 12.1 Å². The van der Waals surface area contributed by atoms with E-state index in [9.17, 15) is 4.39 Å². The van der Waals surface area contributed by atoms with Crippen LogP contribution >= 0.6 is 0 Å². The number of aliphatic imine (C=N–C) groups is 1. The highest BCUT2D eigenvalue weighted by atomic mass is 19.1. The number of rotatable bonds is 5. The average Bonchev–Trinajstić information content (AvgIpc) is 3.53. The Morgan fingerprint density at radius 2 is 1.97 bits per heavy atom. The number of hydrogen-bond donors (Lipinski definition) is 2. The summed E-state index contributed by atoms with van der Waals surface area (Å²) in [5.41, 5.74) is 2.18.